The van der Waals surface area contributed by atoms with Gasteiger partial charge in [0.1, 0.15) is 5.15 Å². The van der Waals surface area contributed by atoms with Gasteiger partial charge in [-0.1, -0.05) is 23.7 Å². The van der Waals surface area contributed by atoms with Crippen LogP contribution in [0.5, 0.6) is 0 Å². The smallest absolute Gasteiger partial charge is 0.250 e. The standard InChI is InChI=1S/C13H11ClN4O/c14-11-7-8-16-13(17-11)18-12(19)6-3-9-1-4-10(15)5-2-9/h1-8H,15H2,(H,16,17,18,19)/b6-3+. The highest BCUT2D eigenvalue weighted by Crippen LogP contribution is 2.08. The Balaban J connectivity index is 1.99. The summed E-state index contributed by atoms with van der Waals surface area (Å²) >= 11 is 5.68. The number of nitrogens with one attached hydrogen (secondary N) is 1. The molecule has 0 atom stereocenters. The number of carbonyl (C=O) groups is 1. The number of hydrogen-bond acceptors (Lipinski definition) is 4. The van der Waals surface area contributed by atoms with Crippen molar-refractivity contribution < 1.29 is 4.79 Å². The molecule has 0 aliphatic carbocycles. The van der Waals surface area contributed by atoms with Crippen LogP contribution in [0.4, 0.5) is 11.6 Å². The van der Waals surface area contributed by atoms with Crippen molar-refractivity contribution in [3.8, 4) is 0 Å². The van der Waals surface area contributed by atoms with Crippen molar-refractivity contribution in [1.29, 1.82) is 0 Å². The number of halogens is 1. The molecule has 0 saturated heterocycles. The number of amides is 1. The lowest BCUT2D eigenvalue weighted by Crippen LogP contribution is -2.10. The number of nitrogens with two attached hydrogens (primary N) is 1. The van der Waals surface area contributed by atoms with E-state index < -0.39 is 0 Å². The Bertz CT molecular complexity index is 610. The van der Waals surface area contributed by atoms with Crippen molar-refractivity contribution >= 4 is 35.2 Å². The molecule has 0 saturated carbocycles. The first-order valence-electron chi connectivity index (χ1n) is 5.46. The monoisotopic (exact) mass is 274 g/mol. The van der Waals surface area contributed by atoms with Crippen LogP contribution in [0.3, 0.4) is 0 Å². The van der Waals surface area contributed by atoms with E-state index in [1.165, 1.54) is 18.3 Å². The van der Waals surface area contributed by atoms with Crippen molar-refractivity contribution in [2.75, 3.05) is 11.1 Å². The Labute approximate surface area is 115 Å². The summed E-state index contributed by atoms with van der Waals surface area (Å²) in [7, 11) is 0. The summed E-state index contributed by atoms with van der Waals surface area (Å²) < 4.78 is 0. The quantitative estimate of drug-likeness (QED) is 0.511. The highest BCUT2D eigenvalue weighted by molar-refractivity contribution is 6.29. The lowest BCUT2D eigenvalue weighted by Gasteiger charge is -1.99. The molecule has 1 aromatic heterocycles. The van der Waals surface area contributed by atoms with Gasteiger partial charge in [-0.3, -0.25) is 10.1 Å². The molecule has 0 spiro atoms. The minimum absolute atomic E-state index is 0.166. The molecular formula is C13H11ClN4O. The summed E-state index contributed by atoms with van der Waals surface area (Å²) in [5, 5.41) is 2.78. The molecule has 0 aliphatic rings. The van der Waals surface area contributed by atoms with Crippen molar-refractivity contribution in [2.24, 2.45) is 0 Å². The molecule has 6 heteroatoms. The highest BCUT2D eigenvalue weighted by Gasteiger charge is 2.00. The molecule has 19 heavy (non-hydrogen) atoms. The Morgan fingerprint density at radius 2 is 2.00 bits per heavy atom. The average Bonchev–Trinajstić information content (AvgIpc) is 2.38. The molecule has 3 N–H and O–H groups in total. The second kappa shape index (κ2) is 5.97. The molecule has 2 aromatic rings. The van der Waals surface area contributed by atoms with Crippen LogP contribution in [-0.2, 0) is 4.79 Å². The fourth-order valence-corrected chi connectivity index (χ4v) is 1.46. The molecule has 96 valence electrons. The molecule has 0 radical (unpaired) electrons. The molecule has 0 aliphatic heterocycles. The number of carbonyl (C=O) groups excluding carboxylic acids is 1. The van der Waals surface area contributed by atoms with Gasteiger partial charge in [0, 0.05) is 18.0 Å². The van der Waals surface area contributed by atoms with Crippen LogP contribution in [0.15, 0.2) is 42.6 Å². The van der Waals surface area contributed by atoms with E-state index in [0.29, 0.717) is 5.69 Å². The predicted molar refractivity (Wildman–Crippen MR) is 75.6 cm³/mol. The third-order valence-corrected chi connectivity index (χ3v) is 2.43. The first kappa shape index (κ1) is 13.0. The van der Waals surface area contributed by atoms with Crippen LogP contribution in [0.25, 0.3) is 6.08 Å². The summed E-state index contributed by atoms with van der Waals surface area (Å²) in [6.45, 7) is 0. The lowest BCUT2D eigenvalue weighted by molar-refractivity contribution is -0.111. The lowest BCUT2D eigenvalue weighted by atomic mass is 10.2. The largest absolute Gasteiger partial charge is 0.399 e. The Morgan fingerprint density at radius 3 is 2.68 bits per heavy atom. The van der Waals surface area contributed by atoms with Crippen molar-refractivity contribution in [3.63, 3.8) is 0 Å². The molecule has 0 fully saturated rings. The van der Waals surface area contributed by atoms with Gasteiger partial charge >= 0.3 is 0 Å². The molecular weight excluding hydrogens is 264 g/mol. The van der Waals surface area contributed by atoms with Gasteiger partial charge in [0.05, 0.1) is 0 Å². The van der Waals surface area contributed by atoms with Crippen molar-refractivity contribution in [3.05, 3.63) is 53.3 Å². The topological polar surface area (TPSA) is 80.9 Å². The summed E-state index contributed by atoms with van der Waals surface area (Å²) in [6.07, 6.45) is 4.52. The van der Waals surface area contributed by atoms with Crippen molar-refractivity contribution in [1.82, 2.24) is 9.97 Å². The third-order valence-electron chi connectivity index (χ3n) is 2.22. The number of nitrogen functional groups attached to an aromatic ring is 1. The summed E-state index contributed by atoms with van der Waals surface area (Å²) in [5.41, 5.74) is 7.11. The van der Waals surface area contributed by atoms with E-state index in [-0.39, 0.29) is 17.0 Å². The number of hydrogen-bond donors (Lipinski definition) is 2. The van der Waals surface area contributed by atoms with Gasteiger partial charge in [0.15, 0.2) is 0 Å². The SMILES string of the molecule is Nc1ccc(/C=C/C(=O)Nc2nccc(Cl)n2)cc1. The number of benzene rings is 1. The van der Waals surface area contributed by atoms with Gasteiger partial charge in [-0.2, -0.15) is 0 Å². The zero-order valence-electron chi connectivity index (χ0n) is 9.88. The van der Waals surface area contributed by atoms with Gasteiger partial charge in [0.25, 0.3) is 5.91 Å². The van der Waals surface area contributed by atoms with E-state index in [9.17, 15) is 4.79 Å². The van der Waals surface area contributed by atoms with Gasteiger partial charge in [-0.05, 0) is 29.8 Å². The maximum atomic E-state index is 11.6. The van der Waals surface area contributed by atoms with E-state index in [1.807, 2.05) is 12.1 Å². The predicted octanol–water partition coefficient (Wildman–Crippen LogP) is 2.36. The van der Waals surface area contributed by atoms with E-state index in [1.54, 1.807) is 18.2 Å². The first-order valence-corrected chi connectivity index (χ1v) is 5.84. The molecule has 1 heterocycles. The number of anilines is 2. The average molecular weight is 275 g/mol. The zero-order chi connectivity index (χ0) is 13.7. The van der Waals surface area contributed by atoms with E-state index in [0.717, 1.165) is 5.56 Å². The van der Waals surface area contributed by atoms with Crippen LogP contribution in [0.2, 0.25) is 5.15 Å². The van der Waals surface area contributed by atoms with Crippen LogP contribution < -0.4 is 11.1 Å². The summed E-state index contributed by atoms with van der Waals surface area (Å²) in [5.74, 6) is -0.168. The van der Waals surface area contributed by atoms with Crippen LogP contribution in [0.1, 0.15) is 5.56 Å². The fraction of sp³-hybridized carbons (Fsp3) is 0. The minimum Gasteiger partial charge on any atom is -0.399 e. The normalized spacial score (nSPS) is 10.6. The molecule has 0 bridgehead atoms. The van der Waals surface area contributed by atoms with E-state index >= 15 is 0 Å². The summed E-state index contributed by atoms with van der Waals surface area (Å²) in [4.78, 5) is 19.3. The summed E-state index contributed by atoms with van der Waals surface area (Å²) in [6, 6.07) is 8.68. The van der Waals surface area contributed by atoms with Gasteiger partial charge in [-0.25, -0.2) is 9.97 Å². The van der Waals surface area contributed by atoms with Crippen LogP contribution >= 0.6 is 11.6 Å². The van der Waals surface area contributed by atoms with E-state index in [2.05, 4.69) is 15.3 Å². The Hall–Kier alpha value is -2.40. The van der Waals surface area contributed by atoms with Gasteiger partial charge in [-0.15, -0.1) is 0 Å². The fourth-order valence-electron chi connectivity index (χ4n) is 1.33. The molecule has 0 unspecified atom stereocenters. The van der Waals surface area contributed by atoms with Crippen molar-refractivity contribution in [2.45, 2.75) is 0 Å². The maximum absolute atomic E-state index is 11.6. The molecule has 2 rings (SSSR count). The van der Waals surface area contributed by atoms with E-state index in [4.69, 9.17) is 17.3 Å². The first-order chi connectivity index (χ1) is 9.13. The second-order valence-electron chi connectivity index (χ2n) is 3.69. The van der Waals surface area contributed by atoms with Gasteiger partial charge < -0.3 is 5.73 Å². The minimum atomic E-state index is -0.334. The Kier molecular flexibility index (Phi) is 4.10. The van der Waals surface area contributed by atoms with Gasteiger partial charge in [0.2, 0.25) is 5.95 Å². The number of nitrogens with zero attached hydrogens (tertiary/aromatic N) is 2. The third kappa shape index (κ3) is 4.08. The zero-order valence-corrected chi connectivity index (χ0v) is 10.6. The van der Waals surface area contributed by atoms with Crippen LogP contribution in [0, 0.1) is 0 Å². The highest BCUT2D eigenvalue weighted by atomic mass is 35.5. The molecule has 1 amide bonds. The molecule has 5 nitrogen and oxygen atoms in total. The second-order valence-corrected chi connectivity index (χ2v) is 4.08. The maximum Gasteiger partial charge on any atom is 0.250 e. The molecule has 1 aromatic carbocycles. The number of aromatic nitrogens is 2. The Morgan fingerprint density at radius 1 is 1.26 bits per heavy atom. The van der Waals surface area contributed by atoms with Crippen LogP contribution in [-0.4, -0.2) is 15.9 Å². The number of rotatable bonds is 3.